The van der Waals surface area contributed by atoms with E-state index in [0.29, 0.717) is 31.3 Å². The van der Waals surface area contributed by atoms with Crippen LogP contribution in [0.3, 0.4) is 0 Å². The number of aliphatic hydroxyl groups is 1. The van der Waals surface area contributed by atoms with Crippen molar-refractivity contribution in [3.63, 3.8) is 0 Å². The Morgan fingerprint density at radius 1 is 1.02 bits per heavy atom. The Morgan fingerprint density at radius 3 is 2.15 bits per heavy atom. The predicted molar refractivity (Wildman–Crippen MR) is 141 cm³/mol. The van der Waals surface area contributed by atoms with Gasteiger partial charge in [-0.3, -0.25) is 19.2 Å². The number of hydrogen-bond acceptors (Lipinski definition) is 7. The van der Waals surface area contributed by atoms with Gasteiger partial charge in [0.15, 0.2) is 11.4 Å². The molecule has 0 spiro atoms. The molecular weight excluding hydrogens is 547 g/mol. The van der Waals surface area contributed by atoms with Crippen LogP contribution in [0, 0.1) is 5.92 Å². The molecule has 2 fully saturated rings. The van der Waals surface area contributed by atoms with Gasteiger partial charge in [-0.15, -0.1) is 0 Å². The lowest BCUT2D eigenvalue weighted by molar-refractivity contribution is -0.253. The van der Waals surface area contributed by atoms with E-state index in [-0.39, 0.29) is 18.1 Å². The van der Waals surface area contributed by atoms with E-state index >= 15 is 0 Å². The van der Waals surface area contributed by atoms with Crippen LogP contribution in [0.15, 0.2) is 24.3 Å². The van der Waals surface area contributed by atoms with Gasteiger partial charge in [-0.05, 0) is 43.9 Å². The summed E-state index contributed by atoms with van der Waals surface area (Å²) in [4.78, 5) is 51.5. The summed E-state index contributed by atoms with van der Waals surface area (Å²) in [5.41, 5.74) is -2.62. The van der Waals surface area contributed by atoms with Gasteiger partial charge in [0, 0.05) is 6.42 Å². The molecule has 10 nitrogen and oxygen atoms in total. The van der Waals surface area contributed by atoms with Gasteiger partial charge >= 0.3 is 6.18 Å². The number of ketones is 1. The number of rotatable bonds is 14. The number of epoxide rings is 1. The normalized spacial score (nSPS) is 20.7. The van der Waals surface area contributed by atoms with Crippen LogP contribution < -0.4 is 20.7 Å². The Kier molecular flexibility index (Phi) is 10.8. The van der Waals surface area contributed by atoms with Crippen LogP contribution in [-0.4, -0.2) is 78.3 Å². The molecule has 3 rings (SSSR count). The van der Waals surface area contributed by atoms with Gasteiger partial charge in [0.2, 0.25) is 17.7 Å². The van der Waals surface area contributed by atoms with Crippen LogP contribution in [0.1, 0.15) is 57.9 Å². The lowest BCUT2D eigenvalue weighted by atomic mass is 9.94. The van der Waals surface area contributed by atoms with E-state index in [1.54, 1.807) is 24.3 Å². The van der Waals surface area contributed by atoms with Gasteiger partial charge in [-0.2, -0.15) is 13.2 Å². The number of methoxy groups -OCH3 is 1. The molecule has 5 atom stereocenters. The van der Waals surface area contributed by atoms with Crippen molar-refractivity contribution in [1.82, 2.24) is 16.0 Å². The Labute approximate surface area is 236 Å². The van der Waals surface area contributed by atoms with E-state index in [0.717, 1.165) is 25.7 Å². The summed E-state index contributed by atoms with van der Waals surface area (Å²) in [7, 11) is 1.50. The van der Waals surface area contributed by atoms with Crippen molar-refractivity contribution in [2.45, 2.75) is 94.8 Å². The molecular formula is C28H38F3N3O7. The van der Waals surface area contributed by atoms with Crippen molar-refractivity contribution >= 4 is 23.5 Å². The van der Waals surface area contributed by atoms with Crippen LogP contribution in [-0.2, 0) is 30.3 Å². The van der Waals surface area contributed by atoms with Crippen LogP contribution in [0.25, 0.3) is 0 Å². The average molecular weight is 586 g/mol. The zero-order chi connectivity index (χ0) is 30.4. The minimum absolute atomic E-state index is 0.0231. The maximum atomic E-state index is 13.5. The molecule has 1 aromatic rings. The predicted octanol–water partition coefficient (Wildman–Crippen LogP) is 1.96. The van der Waals surface area contributed by atoms with Crippen LogP contribution in [0.2, 0.25) is 0 Å². The zero-order valence-electron chi connectivity index (χ0n) is 23.4. The highest BCUT2D eigenvalue weighted by molar-refractivity contribution is 5.96. The minimum Gasteiger partial charge on any atom is -0.497 e. The van der Waals surface area contributed by atoms with Gasteiger partial charge in [0.25, 0.3) is 0 Å². The molecule has 1 aliphatic carbocycles. The maximum absolute atomic E-state index is 13.5. The molecule has 0 aromatic heterocycles. The standard InChI is InChI=1S/C28H38F3N3O7/c1-16(32-23(35)14-27(2,39)28(29,30)31)25(37)34-21(13-18-8-10-19(40-3)11-9-18)26(38)33-20(24(36)22-15-41-22)12-17-6-4-5-7-17/h8-11,16-17,20-22,39H,4-7,12-15H2,1-3H3,(H,32,35)(H,33,38)(H,34,37)/t16-,20+,21+,22-,27?/m1/s1. The van der Waals surface area contributed by atoms with E-state index in [2.05, 4.69) is 16.0 Å². The Balaban J connectivity index is 1.72. The zero-order valence-corrected chi connectivity index (χ0v) is 23.4. The molecule has 0 radical (unpaired) electrons. The number of carbonyl (C=O) groups excluding carboxylic acids is 4. The maximum Gasteiger partial charge on any atom is 0.417 e. The van der Waals surface area contributed by atoms with Crippen molar-refractivity contribution in [1.29, 1.82) is 0 Å². The van der Waals surface area contributed by atoms with Crippen molar-refractivity contribution in [3.05, 3.63) is 29.8 Å². The summed E-state index contributed by atoms with van der Waals surface area (Å²) in [6.45, 7) is 2.00. The number of carbonyl (C=O) groups is 4. The number of Topliss-reactive ketones (excluding diaryl/α,β-unsaturated/α-hetero) is 1. The van der Waals surface area contributed by atoms with E-state index < -0.39 is 60.1 Å². The fourth-order valence-electron chi connectivity index (χ4n) is 4.81. The molecule has 2 aliphatic rings. The molecule has 1 saturated heterocycles. The number of ether oxygens (including phenoxy) is 2. The second-order valence-corrected chi connectivity index (χ2v) is 11.0. The molecule has 41 heavy (non-hydrogen) atoms. The largest absolute Gasteiger partial charge is 0.497 e. The Bertz CT molecular complexity index is 1080. The van der Waals surface area contributed by atoms with Crippen molar-refractivity contribution in [2.75, 3.05) is 13.7 Å². The summed E-state index contributed by atoms with van der Waals surface area (Å²) < 4.78 is 49.2. The second kappa shape index (κ2) is 13.6. The van der Waals surface area contributed by atoms with E-state index in [1.807, 2.05) is 0 Å². The van der Waals surface area contributed by atoms with Gasteiger partial charge in [-0.1, -0.05) is 37.8 Å². The van der Waals surface area contributed by atoms with Crippen LogP contribution in [0.4, 0.5) is 13.2 Å². The summed E-state index contributed by atoms with van der Waals surface area (Å²) in [6.07, 6.45) is -2.43. The van der Waals surface area contributed by atoms with Gasteiger partial charge in [-0.25, -0.2) is 0 Å². The molecule has 13 heteroatoms. The first-order valence-electron chi connectivity index (χ1n) is 13.7. The first-order chi connectivity index (χ1) is 19.2. The Hall–Kier alpha value is -3.19. The third-order valence-corrected chi connectivity index (χ3v) is 7.47. The Morgan fingerprint density at radius 2 is 1.61 bits per heavy atom. The monoisotopic (exact) mass is 585 g/mol. The van der Waals surface area contributed by atoms with Gasteiger partial charge in [0.05, 0.1) is 26.2 Å². The van der Waals surface area contributed by atoms with Gasteiger partial charge < -0.3 is 30.5 Å². The molecule has 4 N–H and O–H groups in total. The highest BCUT2D eigenvalue weighted by Gasteiger charge is 2.51. The van der Waals surface area contributed by atoms with E-state index in [1.165, 1.54) is 14.0 Å². The minimum atomic E-state index is -5.05. The van der Waals surface area contributed by atoms with Crippen molar-refractivity contribution in [3.8, 4) is 5.75 Å². The summed E-state index contributed by atoms with van der Waals surface area (Å²) in [5, 5.41) is 17.1. The first kappa shape index (κ1) is 32.3. The molecule has 1 saturated carbocycles. The summed E-state index contributed by atoms with van der Waals surface area (Å²) >= 11 is 0. The number of nitrogens with one attached hydrogen (secondary N) is 3. The molecule has 228 valence electrons. The van der Waals surface area contributed by atoms with E-state index in [4.69, 9.17) is 9.47 Å². The van der Waals surface area contributed by atoms with E-state index in [9.17, 15) is 37.5 Å². The molecule has 0 bridgehead atoms. The quantitative estimate of drug-likeness (QED) is 0.244. The second-order valence-electron chi connectivity index (χ2n) is 11.0. The number of halogens is 3. The van der Waals surface area contributed by atoms with Crippen molar-refractivity contribution in [2.24, 2.45) is 5.92 Å². The highest BCUT2D eigenvalue weighted by Crippen LogP contribution is 2.32. The first-order valence-corrected chi connectivity index (χ1v) is 13.7. The third-order valence-electron chi connectivity index (χ3n) is 7.47. The lowest BCUT2D eigenvalue weighted by Gasteiger charge is -2.27. The number of alkyl halides is 3. The fourth-order valence-corrected chi connectivity index (χ4v) is 4.81. The van der Waals surface area contributed by atoms with Crippen molar-refractivity contribution < 1.29 is 46.9 Å². The highest BCUT2D eigenvalue weighted by atomic mass is 19.4. The number of hydrogen-bond donors (Lipinski definition) is 4. The van der Waals surface area contributed by atoms with Gasteiger partial charge in [0.1, 0.15) is 23.9 Å². The molecule has 3 amide bonds. The molecule has 1 aliphatic heterocycles. The lowest BCUT2D eigenvalue weighted by Crippen LogP contribution is -2.57. The third kappa shape index (κ3) is 9.42. The van der Waals surface area contributed by atoms with Crippen LogP contribution >= 0.6 is 0 Å². The summed E-state index contributed by atoms with van der Waals surface area (Å²) in [5.74, 6) is -2.01. The average Bonchev–Trinajstić information content (AvgIpc) is 3.62. The smallest absolute Gasteiger partial charge is 0.417 e. The van der Waals surface area contributed by atoms with Crippen LogP contribution in [0.5, 0.6) is 5.75 Å². The molecule has 1 unspecified atom stereocenters. The topological polar surface area (TPSA) is 146 Å². The summed E-state index contributed by atoms with van der Waals surface area (Å²) in [6, 6.07) is 3.47. The molecule has 1 heterocycles. The number of amides is 3. The fraction of sp³-hybridized carbons (Fsp3) is 0.643. The SMILES string of the molecule is COc1ccc(C[C@H](NC(=O)[C@@H](C)NC(=O)CC(C)(O)C(F)(F)F)C(=O)N[C@@H](CC2CCCC2)C(=O)[C@H]2CO2)cc1. The number of benzene rings is 1. The molecule has 1 aromatic carbocycles.